The number of esters is 1. The summed E-state index contributed by atoms with van der Waals surface area (Å²) in [6.07, 6.45) is 1.17. The van der Waals surface area contributed by atoms with Crippen LogP contribution in [0, 0.1) is 0 Å². The third kappa shape index (κ3) is 3.85. The Bertz CT molecular complexity index is 602. The highest BCUT2D eigenvalue weighted by Crippen LogP contribution is 2.32. The lowest BCUT2D eigenvalue weighted by Crippen LogP contribution is -2.04. The second kappa shape index (κ2) is 6.93. The van der Waals surface area contributed by atoms with Crippen molar-refractivity contribution in [1.29, 1.82) is 0 Å². The van der Waals surface area contributed by atoms with E-state index in [0.717, 1.165) is 17.5 Å². The summed E-state index contributed by atoms with van der Waals surface area (Å²) in [5, 5.41) is 9.40. The summed E-state index contributed by atoms with van der Waals surface area (Å²) in [7, 11) is 1.41. The van der Waals surface area contributed by atoms with Gasteiger partial charge in [-0.05, 0) is 41.2 Å². The molecule has 1 N–H and O–H groups in total. The summed E-state index contributed by atoms with van der Waals surface area (Å²) in [6.45, 7) is 2.11. The molecular weight excluding hydrogens is 264 g/mol. The molecule has 0 bridgehead atoms. The zero-order valence-electron chi connectivity index (χ0n) is 12.4. The first-order chi connectivity index (χ1) is 10.1. The van der Waals surface area contributed by atoms with Gasteiger partial charge in [0.15, 0.2) is 0 Å². The Hall–Kier alpha value is -2.29. The Balaban J connectivity index is 2.24. The van der Waals surface area contributed by atoms with E-state index >= 15 is 0 Å². The molecule has 0 saturated carbocycles. The lowest BCUT2D eigenvalue weighted by Gasteiger charge is -2.16. The second-order valence-corrected chi connectivity index (χ2v) is 5.15. The van der Waals surface area contributed by atoms with Crippen LogP contribution in [0.2, 0.25) is 0 Å². The SMILES string of the molecule is COC(=O)CCC(C)c1ccccc1-c1ccc(O)cc1. The van der Waals surface area contributed by atoms with E-state index in [1.165, 1.54) is 12.7 Å². The smallest absolute Gasteiger partial charge is 0.305 e. The highest BCUT2D eigenvalue weighted by Gasteiger charge is 2.13. The molecule has 2 aromatic carbocycles. The summed E-state index contributed by atoms with van der Waals surface area (Å²) >= 11 is 0. The summed E-state index contributed by atoms with van der Waals surface area (Å²) in [4.78, 5) is 11.3. The minimum absolute atomic E-state index is 0.177. The molecule has 2 aromatic rings. The van der Waals surface area contributed by atoms with Gasteiger partial charge in [0.1, 0.15) is 5.75 Å². The summed E-state index contributed by atoms with van der Waals surface area (Å²) < 4.78 is 4.70. The van der Waals surface area contributed by atoms with Crippen LogP contribution in [0.15, 0.2) is 48.5 Å². The maximum Gasteiger partial charge on any atom is 0.305 e. The van der Waals surface area contributed by atoms with Crippen molar-refractivity contribution in [1.82, 2.24) is 0 Å². The molecule has 0 aliphatic carbocycles. The molecule has 0 aliphatic heterocycles. The fraction of sp³-hybridized carbons (Fsp3) is 0.278. The number of hydrogen-bond acceptors (Lipinski definition) is 3. The summed E-state index contributed by atoms with van der Waals surface area (Å²) in [5.74, 6) is 0.341. The number of ether oxygens (including phenoxy) is 1. The first-order valence-electron chi connectivity index (χ1n) is 7.07. The van der Waals surface area contributed by atoms with Gasteiger partial charge in [-0.25, -0.2) is 0 Å². The first kappa shape index (κ1) is 15.1. The quantitative estimate of drug-likeness (QED) is 0.840. The molecule has 110 valence electrons. The van der Waals surface area contributed by atoms with Gasteiger partial charge in [0.2, 0.25) is 0 Å². The number of carbonyl (C=O) groups excluding carboxylic acids is 1. The molecule has 2 rings (SSSR count). The van der Waals surface area contributed by atoms with Crippen LogP contribution < -0.4 is 0 Å². The van der Waals surface area contributed by atoms with Crippen molar-refractivity contribution in [3.8, 4) is 16.9 Å². The van der Waals surface area contributed by atoms with Crippen LogP contribution in [0.1, 0.15) is 31.2 Å². The van der Waals surface area contributed by atoms with Gasteiger partial charge in [-0.1, -0.05) is 43.3 Å². The van der Waals surface area contributed by atoms with Crippen LogP contribution in [0.5, 0.6) is 5.75 Å². The number of hydrogen-bond donors (Lipinski definition) is 1. The van der Waals surface area contributed by atoms with Crippen LogP contribution in [-0.2, 0) is 9.53 Å². The predicted octanol–water partition coefficient (Wildman–Crippen LogP) is 4.12. The summed E-state index contributed by atoms with van der Waals surface area (Å²) in [5.41, 5.74) is 3.40. The highest BCUT2D eigenvalue weighted by molar-refractivity contribution is 5.70. The molecule has 0 amide bonds. The van der Waals surface area contributed by atoms with E-state index in [2.05, 4.69) is 19.1 Å². The Morgan fingerprint density at radius 2 is 1.81 bits per heavy atom. The van der Waals surface area contributed by atoms with Crippen molar-refractivity contribution >= 4 is 5.97 Å². The molecule has 3 heteroatoms. The van der Waals surface area contributed by atoms with E-state index in [1.807, 2.05) is 24.3 Å². The fourth-order valence-electron chi connectivity index (χ4n) is 2.42. The largest absolute Gasteiger partial charge is 0.508 e. The second-order valence-electron chi connectivity index (χ2n) is 5.15. The molecule has 21 heavy (non-hydrogen) atoms. The van der Waals surface area contributed by atoms with Crippen molar-refractivity contribution in [2.45, 2.75) is 25.7 Å². The molecule has 0 spiro atoms. The highest BCUT2D eigenvalue weighted by atomic mass is 16.5. The van der Waals surface area contributed by atoms with E-state index in [9.17, 15) is 9.90 Å². The van der Waals surface area contributed by atoms with Crippen molar-refractivity contribution in [2.24, 2.45) is 0 Å². The van der Waals surface area contributed by atoms with Crippen molar-refractivity contribution < 1.29 is 14.6 Å². The Labute approximate surface area is 125 Å². The Morgan fingerprint density at radius 3 is 2.48 bits per heavy atom. The average molecular weight is 284 g/mol. The van der Waals surface area contributed by atoms with Crippen LogP contribution in [0.4, 0.5) is 0 Å². The van der Waals surface area contributed by atoms with E-state index in [1.54, 1.807) is 12.1 Å². The number of rotatable bonds is 5. The molecule has 1 atom stereocenters. The van der Waals surface area contributed by atoms with Crippen molar-refractivity contribution in [3.63, 3.8) is 0 Å². The third-order valence-electron chi connectivity index (χ3n) is 3.68. The normalized spacial score (nSPS) is 11.9. The first-order valence-corrected chi connectivity index (χ1v) is 7.07. The van der Waals surface area contributed by atoms with Gasteiger partial charge in [-0.2, -0.15) is 0 Å². The van der Waals surface area contributed by atoms with Gasteiger partial charge >= 0.3 is 5.97 Å². The number of phenols is 1. The van der Waals surface area contributed by atoms with Crippen molar-refractivity contribution in [2.75, 3.05) is 7.11 Å². The van der Waals surface area contributed by atoms with E-state index < -0.39 is 0 Å². The Kier molecular flexibility index (Phi) is 4.99. The van der Waals surface area contributed by atoms with Gasteiger partial charge in [0, 0.05) is 6.42 Å². The number of phenolic OH excluding ortho intramolecular Hbond substituents is 1. The van der Waals surface area contributed by atoms with E-state index in [4.69, 9.17) is 4.74 Å². The van der Waals surface area contributed by atoms with Crippen LogP contribution in [0.25, 0.3) is 11.1 Å². The summed E-state index contributed by atoms with van der Waals surface area (Å²) in [6, 6.07) is 15.3. The van der Waals surface area contributed by atoms with Gasteiger partial charge in [0.25, 0.3) is 0 Å². The minimum Gasteiger partial charge on any atom is -0.508 e. The molecule has 0 aliphatic rings. The van der Waals surface area contributed by atoms with Gasteiger partial charge in [-0.15, -0.1) is 0 Å². The maximum absolute atomic E-state index is 11.3. The van der Waals surface area contributed by atoms with Crippen molar-refractivity contribution in [3.05, 3.63) is 54.1 Å². The molecule has 3 nitrogen and oxygen atoms in total. The lowest BCUT2D eigenvalue weighted by molar-refractivity contribution is -0.140. The minimum atomic E-state index is -0.177. The standard InChI is InChI=1S/C18H20O3/c1-13(7-12-18(20)21-2)16-5-3-4-6-17(16)14-8-10-15(19)11-9-14/h3-6,8-11,13,19H,7,12H2,1-2H3. The molecule has 0 aromatic heterocycles. The zero-order valence-corrected chi connectivity index (χ0v) is 12.4. The van der Waals surface area contributed by atoms with E-state index in [-0.39, 0.29) is 17.6 Å². The topological polar surface area (TPSA) is 46.5 Å². The number of aromatic hydroxyl groups is 1. The van der Waals surface area contributed by atoms with Gasteiger partial charge in [-0.3, -0.25) is 4.79 Å². The number of benzene rings is 2. The van der Waals surface area contributed by atoms with Crippen LogP contribution >= 0.6 is 0 Å². The fourth-order valence-corrected chi connectivity index (χ4v) is 2.42. The lowest BCUT2D eigenvalue weighted by atomic mass is 9.89. The molecular formula is C18H20O3. The zero-order chi connectivity index (χ0) is 15.2. The molecule has 0 fully saturated rings. The molecule has 0 radical (unpaired) electrons. The molecule has 0 saturated heterocycles. The number of methoxy groups -OCH3 is 1. The average Bonchev–Trinajstić information content (AvgIpc) is 2.53. The number of carbonyl (C=O) groups is 1. The molecule has 1 unspecified atom stereocenters. The third-order valence-corrected chi connectivity index (χ3v) is 3.68. The van der Waals surface area contributed by atoms with Crippen LogP contribution in [0.3, 0.4) is 0 Å². The van der Waals surface area contributed by atoms with Gasteiger partial charge in [0.05, 0.1) is 7.11 Å². The monoisotopic (exact) mass is 284 g/mol. The Morgan fingerprint density at radius 1 is 1.14 bits per heavy atom. The van der Waals surface area contributed by atoms with Crippen LogP contribution in [-0.4, -0.2) is 18.2 Å². The predicted molar refractivity (Wildman–Crippen MR) is 83.2 cm³/mol. The molecule has 0 heterocycles. The van der Waals surface area contributed by atoms with E-state index in [0.29, 0.717) is 6.42 Å². The maximum atomic E-state index is 11.3. The van der Waals surface area contributed by atoms with Gasteiger partial charge < -0.3 is 9.84 Å².